The Morgan fingerprint density at radius 3 is 2.39 bits per heavy atom. The molecule has 0 bridgehead atoms. The largest absolute Gasteiger partial charge is 0.481 e. The minimum Gasteiger partial charge on any atom is -0.481 e. The Bertz CT molecular complexity index is 400. The molecule has 1 rings (SSSR count). The van der Waals surface area contributed by atoms with Gasteiger partial charge in [0.05, 0.1) is 18.4 Å². The molecule has 98 valence electrons. The van der Waals surface area contributed by atoms with Gasteiger partial charge in [0.25, 0.3) is 0 Å². The number of esters is 1. The van der Waals surface area contributed by atoms with Crippen LogP contribution in [-0.4, -0.2) is 23.7 Å². The molecule has 18 heavy (non-hydrogen) atoms. The minimum absolute atomic E-state index is 0.265. The van der Waals surface area contributed by atoms with Crippen molar-refractivity contribution < 1.29 is 19.4 Å². The summed E-state index contributed by atoms with van der Waals surface area (Å²) in [4.78, 5) is 22.8. The van der Waals surface area contributed by atoms with Gasteiger partial charge in [-0.1, -0.05) is 37.3 Å². The van der Waals surface area contributed by atoms with E-state index in [0.717, 1.165) is 5.56 Å². The Morgan fingerprint density at radius 2 is 1.89 bits per heavy atom. The zero-order valence-corrected chi connectivity index (χ0v) is 10.6. The summed E-state index contributed by atoms with van der Waals surface area (Å²) < 4.78 is 4.87. The van der Waals surface area contributed by atoms with Gasteiger partial charge in [-0.25, -0.2) is 0 Å². The smallest absolute Gasteiger partial charge is 0.309 e. The molecule has 0 amide bonds. The Labute approximate surface area is 107 Å². The summed E-state index contributed by atoms with van der Waals surface area (Å²) in [6, 6.07) is 9.28. The first-order valence-electron chi connectivity index (χ1n) is 5.99. The molecule has 4 heteroatoms. The maximum Gasteiger partial charge on any atom is 0.309 e. The van der Waals surface area contributed by atoms with E-state index in [4.69, 9.17) is 4.74 Å². The molecule has 1 aromatic carbocycles. The highest BCUT2D eigenvalue weighted by Crippen LogP contribution is 2.19. The summed E-state index contributed by atoms with van der Waals surface area (Å²) in [5, 5.41) is 9.21. The van der Waals surface area contributed by atoms with Crippen LogP contribution in [0.25, 0.3) is 0 Å². The van der Waals surface area contributed by atoms with Gasteiger partial charge < -0.3 is 9.84 Å². The number of carboxylic acid groups (broad SMARTS) is 1. The lowest BCUT2D eigenvalue weighted by molar-refractivity contribution is -0.156. The van der Waals surface area contributed by atoms with Crippen LogP contribution in [0.1, 0.15) is 19.4 Å². The molecule has 0 heterocycles. The monoisotopic (exact) mass is 250 g/mol. The Hall–Kier alpha value is -1.84. The van der Waals surface area contributed by atoms with Gasteiger partial charge in [0.1, 0.15) is 0 Å². The lowest BCUT2D eigenvalue weighted by Crippen LogP contribution is -2.30. The third kappa shape index (κ3) is 3.87. The van der Waals surface area contributed by atoms with E-state index in [0.29, 0.717) is 6.42 Å². The van der Waals surface area contributed by atoms with E-state index < -0.39 is 23.8 Å². The molecule has 0 aliphatic heterocycles. The van der Waals surface area contributed by atoms with Crippen LogP contribution in [0, 0.1) is 11.8 Å². The first-order chi connectivity index (χ1) is 8.56. The molecule has 0 saturated carbocycles. The number of rotatable bonds is 6. The van der Waals surface area contributed by atoms with E-state index in [-0.39, 0.29) is 6.61 Å². The fraction of sp³-hybridized carbons (Fsp3) is 0.429. The van der Waals surface area contributed by atoms with Crippen molar-refractivity contribution >= 4 is 11.9 Å². The quantitative estimate of drug-likeness (QED) is 0.785. The number of carboxylic acids is 1. The summed E-state index contributed by atoms with van der Waals surface area (Å²) in [6.07, 6.45) is 0.330. The maximum absolute atomic E-state index is 11.6. The summed E-state index contributed by atoms with van der Waals surface area (Å²) >= 11 is 0. The van der Waals surface area contributed by atoms with Gasteiger partial charge in [0.2, 0.25) is 0 Å². The topological polar surface area (TPSA) is 63.6 Å². The number of ether oxygens (including phenoxy) is 1. The Kier molecular flexibility index (Phi) is 5.36. The van der Waals surface area contributed by atoms with Gasteiger partial charge in [-0.2, -0.15) is 0 Å². The molecule has 2 atom stereocenters. The number of benzene rings is 1. The van der Waals surface area contributed by atoms with Crippen molar-refractivity contribution in [2.75, 3.05) is 6.61 Å². The molecular formula is C14H18O4. The zero-order chi connectivity index (χ0) is 13.5. The van der Waals surface area contributed by atoms with Crippen LogP contribution >= 0.6 is 0 Å². The lowest BCUT2D eigenvalue weighted by atomic mass is 9.88. The van der Waals surface area contributed by atoms with Crippen molar-refractivity contribution in [2.24, 2.45) is 11.8 Å². The van der Waals surface area contributed by atoms with Crippen LogP contribution in [0.15, 0.2) is 30.3 Å². The van der Waals surface area contributed by atoms with E-state index >= 15 is 0 Å². The van der Waals surface area contributed by atoms with Gasteiger partial charge >= 0.3 is 11.9 Å². The average Bonchev–Trinajstić information content (AvgIpc) is 2.36. The van der Waals surface area contributed by atoms with Crippen molar-refractivity contribution in [3.05, 3.63) is 35.9 Å². The molecule has 0 aliphatic rings. The fourth-order valence-corrected chi connectivity index (χ4v) is 1.78. The van der Waals surface area contributed by atoms with Crippen molar-refractivity contribution in [3.63, 3.8) is 0 Å². The van der Waals surface area contributed by atoms with Crippen LogP contribution in [0.2, 0.25) is 0 Å². The van der Waals surface area contributed by atoms with Gasteiger partial charge in [0.15, 0.2) is 0 Å². The molecule has 0 radical (unpaired) electrons. The van der Waals surface area contributed by atoms with E-state index in [9.17, 15) is 14.7 Å². The highest BCUT2D eigenvalue weighted by Gasteiger charge is 2.31. The number of carbonyl (C=O) groups excluding carboxylic acids is 1. The second-order valence-electron chi connectivity index (χ2n) is 4.18. The molecule has 4 nitrogen and oxygen atoms in total. The molecule has 0 saturated heterocycles. The van der Waals surface area contributed by atoms with Crippen molar-refractivity contribution in [1.82, 2.24) is 0 Å². The molecule has 1 aromatic rings. The van der Waals surface area contributed by atoms with Crippen molar-refractivity contribution in [2.45, 2.75) is 20.3 Å². The summed E-state index contributed by atoms with van der Waals surface area (Å²) in [5.74, 6) is -2.84. The van der Waals surface area contributed by atoms with Crippen molar-refractivity contribution in [1.29, 1.82) is 0 Å². The van der Waals surface area contributed by atoms with E-state index in [1.54, 1.807) is 13.8 Å². The summed E-state index contributed by atoms with van der Waals surface area (Å²) in [7, 11) is 0. The van der Waals surface area contributed by atoms with Gasteiger partial charge in [-0.15, -0.1) is 0 Å². The van der Waals surface area contributed by atoms with E-state index in [2.05, 4.69) is 0 Å². The Balaban J connectivity index is 2.77. The fourth-order valence-electron chi connectivity index (χ4n) is 1.78. The predicted molar refractivity (Wildman–Crippen MR) is 67.1 cm³/mol. The van der Waals surface area contributed by atoms with Gasteiger partial charge in [-0.05, 0) is 18.9 Å². The third-order valence-electron chi connectivity index (χ3n) is 2.88. The van der Waals surface area contributed by atoms with E-state index in [1.807, 2.05) is 30.3 Å². The van der Waals surface area contributed by atoms with Crippen LogP contribution < -0.4 is 0 Å². The Morgan fingerprint density at radius 1 is 1.28 bits per heavy atom. The average molecular weight is 250 g/mol. The standard InChI is InChI=1S/C14H18O4/c1-3-18-14(17)10(2)12(13(15)16)9-11-7-5-4-6-8-11/h4-8,10,12H,3,9H2,1-2H3,(H,15,16)/t10-,12+/m1/s1. The number of carbonyl (C=O) groups is 2. The zero-order valence-electron chi connectivity index (χ0n) is 10.6. The molecule has 0 spiro atoms. The minimum atomic E-state index is -0.973. The second kappa shape index (κ2) is 6.79. The van der Waals surface area contributed by atoms with Crippen LogP contribution in [0.5, 0.6) is 0 Å². The first-order valence-corrected chi connectivity index (χ1v) is 5.99. The predicted octanol–water partition coefficient (Wildman–Crippen LogP) is 2.13. The number of hydrogen-bond donors (Lipinski definition) is 1. The number of aliphatic carboxylic acids is 1. The highest BCUT2D eigenvalue weighted by molar-refractivity contribution is 5.81. The second-order valence-corrected chi connectivity index (χ2v) is 4.18. The normalized spacial score (nSPS) is 13.7. The SMILES string of the molecule is CCOC(=O)[C@H](C)[C@H](Cc1ccccc1)C(=O)O. The highest BCUT2D eigenvalue weighted by atomic mass is 16.5. The lowest BCUT2D eigenvalue weighted by Gasteiger charge is -2.18. The molecule has 0 fully saturated rings. The van der Waals surface area contributed by atoms with Gasteiger partial charge in [0, 0.05) is 0 Å². The first kappa shape index (κ1) is 14.2. The van der Waals surface area contributed by atoms with Crippen LogP contribution in [0.4, 0.5) is 0 Å². The molecule has 1 N–H and O–H groups in total. The number of hydrogen-bond acceptors (Lipinski definition) is 3. The van der Waals surface area contributed by atoms with Crippen LogP contribution in [0.3, 0.4) is 0 Å². The summed E-state index contributed by atoms with van der Waals surface area (Å²) in [5.41, 5.74) is 0.904. The third-order valence-corrected chi connectivity index (χ3v) is 2.88. The van der Waals surface area contributed by atoms with Crippen LogP contribution in [-0.2, 0) is 20.7 Å². The summed E-state index contributed by atoms with van der Waals surface area (Å²) in [6.45, 7) is 3.57. The van der Waals surface area contributed by atoms with Crippen molar-refractivity contribution in [3.8, 4) is 0 Å². The molecule has 0 aliphatic carbocycles. The molecular weight excluding hydrogens is 232 g/mol. The van der Waals surface area contributed by atoms with Gasteiger partial charge in [-0.3, -0.25) is 9.59 Å². The molecule has 0 unspecified atom stereocenters. The van der Waals surface area contributed by atoms with E-state index in [1.165, 1.54) is 0 Å². The molecule has 0 aromatic heterocycles. The maximum atomic E-state index is 11.6.